The Balaban J connectivity index is 1.75. The lowest BCUT2D eigenvalue weighted by atomic mass is 10.1. The Bertz CT molecular complexity index is 1270. The minimum Gasteiger partial charge on any atom is -0.349 e. The predicted octanol–water partition coefficient (Wildman–Crippen LogP) is 4.52. The van der Waals surface area contributed by atoms with Crippen molar-refractivity contribution in [2.45, 2.75) is 6.92 Å². The molecule has 5 aromatic heterocycles. The molecule has 0 amide bonds. The summed E-state index contributed by atoms with van der Waals surface area (Å²) in [4.78, 5) is 23.5. The Labute approximate surface area is 165 Å². The van der Waals surface area contributed by atoms with Gasteiger partial charge in [0.05, 0.1) is 27.5 Å². The van der Waals surface area contributed by atoms with Crippen molar-refractivity contribution in [3.63, 3.8) is 0 Å². The molecule has 7 heteroatoms. The molecule has 0 aromatic carbocycles. The van der Waals surface area contributed by atoms with E-state index in [1.807, 2.05) is 32.2 Å². The number of aryl methyl sites for hydroxylation is 2. The molecule has 0 radical (unpaired) electrons. The maximum atomic E-state index is 5.00. The van der Waals surface area contributed by atoms with Crippen molar-refractivity contribution in [3.05, 3.63) is 67.1 Å². The molecule has 0 saturated heterocycles. The maximum absolute atomic E-state index is 5.00. The van der Waals surface area contributed by atoms with E-state index < -0.39 is 0 Å². The highest BCUT2D eigenvalue weighted by molar-refractivity contribution is 7.18. The molecule has 0 aliphatic heterocycles. The van der Waals surface area contributed by atoms with Gasteiger partial charge >= 0.3 is 0 Å². The summed E-state index contributed by atoms with van der Waals surface area (Å²) in [6.45, 7) is 2.02. The first-order valence-corrected chi connectivity index (χ1v) is 9.63. The van der Waals surface area contributed by atoms with Crippen LogP contribution < -0.4 is 0 Å². The number of fused-ring (bicyclic) bond motifs is 1. The summed E-state index contributed by atoms with van der Waals surface area (Å²) in [5.74, 6) is 0. The van der Waals surface area contributed by atoms with Gasteiger partial charge in [-0.25, -0.2) is 19.9 Å². The Morgan fingerprint density at radius 3 is 2.64 bits per heavy atom. The summed E-state index contributed by atoms with van der Waals surface area (Å²) in [7, 11) is 2.04. The molecule has 6 nitrogen and oxygen atoms in total. The summed E-state index contributed by atoms with van der Waals surface area (Å²) in [5.41, 5.74) is 5.56. The molecule has 0 atom stereocenters. The van der Waals surface area contributed by atoms with Gasteiger partial charge in [0, 0.05) is 42.8 Å². The standard InChI is InChI=1S/C21H16N6S/c1-13-20(28-21(25-13)15-10-22-12-23-11-15)18-19-14(6-8-27(19)2)9-17(26-18)16-5-3-4-7-24-16/h3-12H,1-2H3. The third-order valence-electron chi connectivity index (χ3n) is 4.60. The molecule has 28 heavy (non-hydrogen) atoms. The van der Waals surface area contributed by atoms with Gasteiger partial charge < -0.3 is 4.57 Å². The zero-order valence-corrected chi connectivity index (χ0v) is 16.2. The van der Waals surface area contributed by atoms with E-state index in [1.165, 1.54) is 6.33 Å². The monoisotopic (exact) mass is 384 g/mol. The lowest BCUT2D eigenvalue weighted by molar-refractivity contribution is 0.966. The van der Waals surface area contributed by atoms with Crippen molar-refractivity contribution in [1.29, 1.82) is 0 Å². The van der Waals surface area contributed by atoms with Gasteiger partial charge in [0.2, 0.25) is 0 Å². The second-order valence-electron chi connectivity index (χ2n) is 6.50. The van der Waals surface area contributed by atoms with Gasteiger partial charge in [-0.15, -0.1) is 11.3 Å². The first-order valence-electron chi connectivity index (χ1n) is 8.81. The van der Waals surface area contributed by atoms with E-state index in [4.69, 9.17) is 9.97 Å². The van der Waals surface area contributed by atoms with Gasteiger partial charge in [-0.3, -0.25) is 4.98 Å². The van der Waals surface area contributed by atoms with Crippen molar-refractivity contribution < 1.29 is 0 Å². The minimum atomic E-state index is 0.853. The zero-order chi connectivity index (χ0) is 19.1. The van der Waals surface area contributed by atoms with Gasteiger partial charge in [-0.1, -0.05) is 6.07 Å². The lowest BCUT2D eigenvalue weighted by Crippen LogP contribution is -1.95. The van der Waals surface area contributed by atoms with Crippen molar-refractivity contribution in [1.82, 2.24) is 29.5 Å². The normalized spacial score (nSPS) is 11.2. The van der Waals surface area contributed by atoms with Crippen molar-refractivity contribution in [2.24, 2.45) is 7.05 Å². The van der Waals surface area contributed by atoms with Crippen molar-refractivity contribution >= 4 is 22.2 Å². The Kier molecular flexibility index (Phi) is 3.95. The first-order chi connectivity index (χ1) is 13.7. The van der Waals surface area contributed by atoms with Crippen LogP contribution in [0.15, 0.2) is 61.4 Å². The highest BCUT2D eigenvalue weighted by atomic mass is 32.1. The fraction of sp³-hybridized carbons (Fsp3) is 0.0952. The molecule has 0 saturated carbocycles. The fourth-order valence-corrected chi connectivity index (χ4v) is 4.31. The van der Waals surface area contributed by atoms with Crippen LogP contribution in [-0.4, -0.2) is 29.5 Å². The summed E-state index contributed by atoms with van der Waals surface area (Å²) in [5, 5.41) is 2.02. The average Bonchev–Trinajstić information content (AvgIpc) is 3.32. The van der Waals surface area contributed by atoms with E-state index in [9.17, 15) is 0 Å². The average molecular weight is 384 g/mol. The van der Waals surface area contributed by atoms with Crippen LogP contribution in [-0.2, 0) is 7.05 Å². The molecule has 0 unspecified atom stereocenters. The third kappa shape index (κ3) is 2.76. The molecule has 0 fully saturated rings. The van der Waals surface area contributed by atoms with E-state index in [2.05, 4.69) is 37.8 Å². The van der Waals surface area contributed by atoms with Crippen LogP contribution in [0.4, 0.5) is 0 Å². The number of nitrogens with zero attached hydrogens (tertiary/aromatic N) is 6. The summed E-state index contributed by atoms with van der Waals surface area (Å²) in [6, 6.07) is 10.1. The Morgan fingerprint density at radius 2 is 1.86 bits per heavy atom. The van der Waals surface area contributed by atoms with Crippen LogP contribution in [0.5, 0.6) is 0 Å². The quantitative estimate of drug-likeness (QED) is 0.457. The first kappa shape index (κ1) is 16.7. The Hall–Kier alpha value is -3.45. The topological polar surface area (TPSA) is 69.4 Å². The molecule has 0 spiro atoms. The number of aromatic nitrogens is 6. The molecular formula is C21H16N6S. The summed E-state index contributed by atoms with van der Waals surface area (Å²) in [6.07, 6.45) is 8.93. The molecule has 0 aliphatic carbocycles. The van der Waals surface area contributed by atoms with Crippen molar-refractivity contribution in [2.75, 3.05) is 0 Å². The van der Waals surface area contributed by atoms with E-state index in [-0.39, 0.29) is 0 Å². The van der Waals surface area contributed by atoms with Crippen LogP contribution in [0.1, 0.15) is 5.69 Å². The van der Waals surface area contributed by atoms with E-state index in [0.29, 0.717) is 0 Å². The fourth-order valence-electron chi connectivity index (χ4n) is 3.28. The van der Waals surface area contributed by atoms with E-state index >= 15 is 0 Å². The Morgan fingerprint density at radius 1 is 1.00 bits per heavy atom. The molecule has 5 aromatic rings. The van der Waals surface area contributed by atoms with E-state index in [1.54, 1.807) is 29.9 Å². The minimum absolute atomic E-state index is 0.853. The smallest absolute Gasteiger partial charge is 0.127 e. The zero-order valence-electron chi connectivity index (χ0n) is 15.4. The van der Waals surface area contributed by atoms with Crippen LogP contribution in [0, 0.1) is 6.92 Å². The van der Waals surface area contributed by atoms with Gasteiger partial charge in [0.1, 0.15) is 17.0 Å². The molecule has 5 heterocycles. The van der Waals surface area contributed by atoms with Crippen molar-refractivity contribution in [3.8, 4) is 32.5 Å². The molecule has 0 N–H and O–H groups in total. The summed E-state index contributed by atoms with van der Waals surface area (Å²) < 4.78 is 2.10. The molecule has 136 valence electrons. The largest absolute Gasteiger partial charge is 0.349 e. The molecular weight excluding hydrogens is 368 g/mol. The number of pyridine rings is 2. The van der Waals surface area contributed by atoms with Crippen LogP contribution in [0.2, 0.25) is 0 Å². The number of hydrogen-bond donors (Lipinski definition) is 0. The van der Waals surface area contributed by atoms with Gasteiger partial charge in [0.25, 0.3) is 0 Å². The molecule has 0 aliphatic rings. The lowest BCUT2D eigenvalue weighted by Gasteiger charge is -2.08. The second-order valence-corrected chi connectivity index (χ2v) is 7.50. The van der Waals surface area contributed by atoms with Gasteiger partial charge in [0.15, 0.2) is 0 Å². The highest BCUT2D eigenvalue weighted by Gasteiger charge is 2.19. The van der Waals surface area contributed by atoms with Crippen LogP contribution in [0.25, 0.3) is 43.4 Å². The van der Waals surface area contributed by atoms with Crippen LogP contribution >= 0.6 is 11.3 Å². The highest BCUT2D eigenvalue weighted by Crippen LogP contribution is 2.38. The third-order valence-corrected chi connectivity index (χ3v) is 5.81. The molecule has 0 bridgehead atoms. The molecule has 5 rings (SSSR count). The van der Waals surface area contributed by atoms with Gasteiger partial charge in [-0.2, -0.15) is 0 Å². The second kappa shape index (κ2) is 6.61. The SMILES string of the molecule is Cc1nc(-c2cncnc2)sc1-c1nc(-c2ccccn2)cc2ccn(C)c12. The van der Waals surface area contributed by atoms with Crippen LogP contribution in [0.3, 0.4) is 0 Å². The maximum Gasteiger partial charge on any atom is 0.127 e. The van der Waals surface area contributed by atoms with E-state index in [0.717, 1.165) is 49.1 Å². The number of hydrogen-bond acceptors (Lipinski definition) is 6. The van der Waals surface area contributed by atoms with Gasteiger partial charge in [-0.05, 0) is 31.2 Å². The summed E-state index contributed by atoms with van der Waals surface area (Å²) >= 11 is 1.61. The number of rotatable bonds is 3. The number of thiazole rings is 1. The predicted molar refractivity (Wildman–Crippen MR) is 111 cm³/mol.